The summed E-state index contributed by atoms with van der Waals surface area (Å²) in [5.41, 5.74) is 2.18. The zero-order chi connectivity index (χ0) is 15.4. The van der Waals surface area contributed by atoms with E-state index in [1.807, 2.05) is 17.0 Å². The van der Waals surface area contributed by atoms with Crippen LogP contribution in [-0.4, -0.2) is 12.0 Å². The lowest BCUT2D eigenvalue weighted by Crippen LogP contribution is -2.17. The molecule has 0 saturated heterocycles. The molecule has 2 aromatic rings. The third-order valence-electron chi connectivity index (χ3n) is 3.05. The SMILES string of the molecule is CN(Cc1ccc(C#N)cc1)c1ccc(Br)cc1[N+](=O)[O-]. The van der Waals surface area contributed by atoms with Gasteiger partial charge in [-0.25, -0.2) is 0 Å². The fraction of sp³-hybridized carbons (Fsp3) is 0.133. The maximum atomic E-state index is 11.1. The van der Waals surface area contributed by atoms with Gasteiger partial charge < -0.3 is 4.90 Å². The molecule has 0 aromatic heterocycles. The standard InChI is InChI=1S/C15H12BrN3O2/c1-18(10-12-4-2-11(9-17)3-5-12)14-7-6-13(16)8-15(14)19(20)21/h2-8H,10H2,1H3. The highest BCUT2D eigenvalue weighted by Gasteiger charge is 2.17. The van der Waals surface area contributed by atoms with Crippen molar-refractivity contribution < 1.29 is 4.92 Å². The van der Waals surface area contributed by atoms with Crippen LogP contribution in [0.15, 0.2) is 46.9 Å². The number of nitrogens with zero attached hydrogens (tertiary/aromatic N) is 3. The van der Waals surface area contributed by atoms with E-state index >= 15 is 0 Å². The van der Waals surface area contributed by atoms with E-state index in [0.29, 0.717) is 22.3 Å². The van der Waals surface area contributed by atoms with E-state index in [1.54, 1.807) is 31.3 Å². The quantitative estimate of drug-likeness (QED) is 0.623. The molecule has 0 aliphatic rings. The molecule has 0 radical (unpaired) electrons. The van der Waals surface area contributed by atoms with E-state index in [2.05, 4.69) is 22.0 Å². The predicted octanol–water partition coefficient (Wildman–Crippen LogP) is 3.87. The van der Waals surface area contributed by atoms with Crippen molar-refractivity contribution in [2.24, 2.45) is 0 Å². The average molecular weight is 346 g/mol. The number of hydrogen-bond acceptors (Lipinski definition) is 4. The third-order valence-corrected chi connectivity index (χ3v) is 3.54. The molecule has 2 rings (SSSR count). The van der Waals surface area contributed by atoms with Crippen LogP contribution in [-0.2, 0) is 6.54 Å². The zero-order valence-electron chi connectivity index (χ0n) is 11.3. The minimum absolute atomic E-state index is 0.0560. The third kappa shape index (κ3) is 3.58. The van der Waals surface area contributed by atoms with Crippen molar-refractivity contribution in [3.8, 4) is 6.07 Å². The van der Waals surface area contributed by atoms with Crippen LogP contribution in [0.4, 0.5) is 11.4 Å². The van der Waals surface area contributed by atoms with E-state index < -0.39 is 4.92 Å². The lowest BCUT2D eigenvalue weighted by atomic mass is 10.1. The van der Waals surface area contributed by atoms with Gasteiger partial charge in [-0.1, -0.05) is 28.1 Å². The minimum atomic E-state index is -0.393. The molecule has 0 unspecified atom stereocenters. The Balaban J connectivity index is 2.25. The van der Waals surface area contributed by atoms with Gasteiger partial charge in [0.1, 0.15) is 5.69 Å². The molecule has 0 aliphatic carbocycles. The number of rotatable bonds is 4. The first kappa shape index (κ1) is 15.0. The van der Waals surface area contributed by atoms with E-state index in [-0.39, 0.29) is 5.69 Å². The van der Waals surface area contributed by atoms with Gasteiger partial charge in [-0.2, -0.15) is 5.26 Å². The molecular formula is C15H12BrN3O2. The summed E-state index contributed by atoms with van der Waals surface area (Å²) in [5.74, 6) is 0. The van der Waals surface area contributed by atoms with Gasteiger partial charge in [0.25, 0.3) is 5.69 Å². The number of hydrogen-bond donors (Lipinski definition) is 0. The Labute approximate surface area is 130 Å². The van der Waals surface area contributed by atoms with Crippen LogP contribution >= 0.6 is 15.9 Å². The van der Waals surface area contributed by atoms with Crippen LogP contribution in [0.1, 0.15) is 11.1 Å². The normalized spacial score (nSPS) is 9.95. The smallest absolute Gasteiger partial charge is 0.293 e. The molecule has 106 valence electrons. The zero-order valence-corrected chi connectivity index (χ0v) is 12.9. The Morgan fingerprint density at radius 1 is 1.29 bits per heavy atom. The van der Waals surface area contributed by atoms with Gasteiger partial charge in [0.05, 0.1) is 16.6 Å². The lowest BCUT2D eigenvalue weighted by molar-refractivity contribution is -0.384. The summed E-state index contributed by atoms with van der Waals surface area (Å²) >= 11 is 3.24. The minimum Gasteiger partial charge on any atom is -0.365 e. The van der Waals surface area contributed by atoms with Crippen molar-refractivity contribution in [1.82, 2.24) is 0 Å². The van der Waals surface area contributed by atoms with Crippen LogP contribution in [0.25, 0.3) is 0 Å². The van der Waals surface area contributed by atoms with Crippen molar-refractivity contribution in [3.63, 3.8) is 0 Å². The van der Waals surface area contributed by atoms with Crippen LogP contribution in [0.2, 0.25) is 0 Å². The molecule has 0 atom stereocenters. The Kier molecular flexibility index (Phi) is 4.55. The molecule has 0 amide bonds. The van der Waals surface area contributed by atoms with Gasteiger partial charge in [0.2, 0.25) is 0 Å². The monoisotopic (exact) mass is 345 g/mol. The van der Waals surface area contributed by atoms with Crippen molar-refractivity contribution in [1.29, 1.82) is 5.26 Å². The number of benzene rings is 2. The maximum absolute atomic E-state index is 11.1. The maximum Gasteiger partial charge on any atom is 0.293 e. The van der Waals surface area contributed by atoms with Gasteiger partial charge in [0, 0.05) is 24.1 Å². The van der Waals surface area contributed by atoms with Crippen LogP contribution < -0.4 is 4.90 Å². The Hall–Kier alpha value is -2.39. The van der Waals surface area contributed by atoms with Gasteiger partial charge in [0.15, 0.2) is 0 Å². The first-order chi connectivity index (χ1) is 10.0. The first-order valence-corrected chi connectivity index (χ1v) is 6.94. The lowest BCUT2D eigenvalue weighted by Gasteiger charge is -2.19. The number of nitro benzene ring substituents is 1. The summed E-state index contributed by atoms with van der Waals surface area (Å²) in [5, 5.41) is 19.9. The molecule has 6 heteroatoms. The van der Waals surface area contributed by atoms with Gasteiger partial charge >= 0.3 is 0 Å². The Morgan fingerprint density at radius 2 is 1.95 bits per heavy atom. The molecule has 21 heavy (non-hydrogen) atoms. The number of halogens is 1. The van der Waals surface area contributed by atoms with Gasteiger partial charge in [-0.15, -0.1) is 0 Å². The molecular weight excluding hydrogens is 334 g/mol. The highest BCUT2D eigenvalue weighted by molar-refractivity contribution is 9.10. The van der Waals surface area contributed by atoms with Crippen molar-refractivity contribution in [2.45, 2.75) is 6.54 Å². The van der Waals surface area contributed by atoms with E-state index in [0.717, 1.165) is 5.56 Å². The van der Waals surface area contributed by atoms with E-state index in [9.17, 15) is 10.1 Å². The molecule has 0 heterocycles. The van der Waals surface area contributed by atoms with Crippen LogP contribution in [0.5, 0.6) is 0 Å². The molecule has 0 N–H and O–H groups in total. The molecule has 0 spiro atoms. The molecule has 0 bridgehead atoms. The Bertz CT molecular complexity index is 708. The molecule has 0 saturated carbocycles. The van der Waals surface area contributed by atoms with Crippen LogP contribution in [0, 0.1) is 21.4 Å². The second-order valence-electron chi connectivity index (χ2n) is 4.55. The number of anilines is 1. The summed E-state index contributed by atoms with van der Waals surface area (Å²) in [6.45, 7) is 0.522. The van der Waals surface area contributed by atoms with Gasteiger partial charge in [-0.05, 0) is 29.8 Å². The average Bonchev–Trinajstić information content (AvgIpc) is 2.47. The van der Waals surface area contributed by atoms with Crippen molar-refractivity contribution >= 4 is 27.3 Å². The second kappa shape index (κ2) is 6.37. The largest absolute Gasteiger partial charge is 0.365 e. The summed E-state index contributed by atoms with van der Waals surface area (Å²) < 4.78 is 0.671. The van der Waals surface area contributed by atoms with Crippen molar-refractivity contribution in [2.75, 3.05) is 11.9 Å². The summed E-state index contributed by atoms with van der Waals surface area (Å²) in [6.07, 6.45) is 0. The predicted molar refractivity (Wildman–Crippen MR) is 84.1 cm³/mol. The fourth-order valence-electron chi connectivity index (χ4n) is 2.01. The fourth-order valence-corrected chi connectivity index (χ4v) is 2.36. The highest BCUT2D eigenvalue weighted by atomic mass is 79.9. The first-order valence-electron chi connectivity index (χ1n) is 6.15. The van der Waals surface area contributed by atoms with E-state index in [1.165, 1.54) is 6.07 Å². The van der Waals surface area contributed by atoms with Crippen LogP contribution in [0.3, 0.4) is 0 Å². The molecule has 2 aromatic carbocycles. The summed E-state index contributed by atoms with van der Waals surface area (Å²) in [6, 6.07) is 14.2. The van der Waals surface area contributed by atoms with Gasteiger partial charge in [-0.3, -0.25) is 10.1 Å². The molecule has 5 nitrogen and oxygen atoms in total. The van der Waals surface area contributed by atoms with E-state index in [4.69, 9.17) is 5.26 Å². The van der Waals surface area contributed by atoms with Crippen molar-refractivity contribution in [3.05, 3.63) is 68.2 Å². The Morgan fingerprint density at radius 3 is 2.52 bits per heavy atom. The topological polar surface area (TPSA) is 70.2 Å². The summed E-state index contributed by atoms with van der Waals surface area (Å²) in [4.78, 5) is 12.6. The number of nitro groups is 1. The highest BCUT2D eigenvalue weighted by Crippen LogP contribution is 2.31. The molecule has 0 fully saturated rings. The second-order valence-corrected chi connectivity index (χ2v) is 5.47. The molecule has 0 aliphatic heterocycles. The summed E-state index contributed by atoms with van der Waals surface area (Å²) in [7, 11) is 1.80. The number of nitriles is 1.